The molecule has 0 aromatic heterocycles. The summed E-state index contributed by atoms with van der Waals surface area (Å²) in [6.07, 6.45) is 9.89. The van der Waals surface area contributed by atoms with Gasteiger partial charge in [-0.05, 0) is 51.2 Å². The van der Waals surface area contributed by atoms with Crippen LogP contribution in [0.5, 0.6) is 0 Å². The van der Waals surface area contributed by atoms with Gasteiger partial charge in [-0.3, -0.25) is 0 Å². The van der Waals surface area contributed by atoms with Crippen molar-refractivity contribution in [2.24, 2.45) is 11.7 Å². The fraction of sp³-hybridized carbons (Fsp3) is 1.00. The highest BCUT2D eigenvalue weighted by atomic mass is 15.2. The lowest BCUT2D eigenvalue weighted by Crippen LogP contribution is -2.40. The molecule has 0 amide bonds. The molecule has 14 heavy (non-hydrogen) atoms. The molecule has 0 aromatic rings. The van der Waals surface area contributed by atoms with Crippen LogP contribution in [-0.4, -0.2) is 30.6 Å². The second-order valence-electron chi connectivity index (χ2n) is 4.94. The quantitative estimate of drug-likeness (QED) is 0.732. The zero-order valence-electron chi connectivity index (χ0n) is 9.25. The first-order valence-electron chi connectivity index (χ1n) is 6.36. The Balaban J connectivity index is 1.91. The monoisotopic (exact) mass is 196 g/mol. The van der Waals surface area contributed by atoms with E-state index in [1.54, 1.807) is 0 Å². The van der Waals surface area contributed by atoms with Gasteiger partial charge in [0.1, 0.15) is 0 Å². The highest BCUT2D eigenvalue weighted by Gasteiger charge is 2.30. The van der Waals surface area contributed by atoms with E-state index in [1.165, 1.54) is 58.0 Å². The molecule has 82 valence electrons. The third-order valence-corrected chi connectivity index (χ3v) is 4.03. The van der Waals surface area contributed by atoms with Gasteiger partial charge < -0.3 is 10.6 Å². The molecule has 2 heteroatoms. The van der Waals surface area contributed by atoms with Crippen LogP contribution in [0.25, 0.3) is 0 Å². The van der Waals surface area contributed by atoms with Gasteiger partial charge in [0.15, 0.2) is 0 Å². The first-order valence-corrected chi connectivity index (χ1v) is 6.36. The van der Waals surface area contributed by atoms with Crippen molar-refractivity contribution in [3.8, 4) is 0 Å². The van der Waals surface area contributed by atoms with Gasteiger partial charge in [-0.2, -0.15) is 0 Å². The molecule has 0 bridgehead atoms. The summed E-state index contributed by atoms with van der Waals surface area (Å²) in [5, 5.41) is 0. The summed E-state index contributed by atoms with van der Waals surface area (Å²) in [6, 6.07) is 0.832. The molecule has 0 aromatic carbocycles. The molecule has 2 atom stereocenters. The Morgan fingerprint density at radius 3 is 2.29 bits per heavy atom. The molecule has 1 heterocycles. The van der Waals surface area contributed by atoms with Crippen molar-refractivity contribution in [2.75, 3.05) is 19.6 Å². The maximum absolute atomic E-state index is 5.84. The van der Waals surface area contributed by atoms with Crippen LogP contribution >= 0.6 is 0 Å². The highest BCUT2D eigenvalue weighted by molar-refractivity contribution is 4.86. The van der Waals surface area contributed by atoms with Gasteiger partial charge in [0, 0.05) is 6.04 Å². The summed E-state index contributed by atoms with van der Waals surface area (Å²) in [6.45, 7) is 3.57. The lowest BCUT2D eigenvalue weighted by molar-refractivity contribution is 0.168. The van der Waals surface area contributed by atoms with Gasteiger partial charge in [0.2, 0.25) is 0 Å². The van der Waals surface area contributed by atoms with Crippen molar-refractivity contribution >= 4 is 0 Å². The molecule has 1 aliphatic heterocycles. The Hall–Kier alpha value is -0.0800. The molecular formula is C12H24N2. The summed E-state index contributed by atoms with van der Waals surface area (Å²) < 4.78 is 0. The topological polar surface area (TPSA) is 29.3 Å². The number of likely N-dealkylation sites (tertiary alicyclic amines) is 1. The molecule has 2 aliphatic rings. The predicted octanol–water partition coefficient (Wildman–Crippen LogP) is 1.99. The van der Waals surface area contributed by atoms with E-state index >= 15 is 0 Å². The Kier molecular flexibility index (Phi) is 3.82. The van der Waals surface area contributed by atoms with Crippen LogP contribution in [0.4, 0.5) is 0 Å². The summed E-state index contributed by atoms with van der Waals surface area (Å²) in [4.78, 5) is 2.73. The maximum atomic E-state index is 5.84. The van der Waals surface area contributed by atoms with Gasteiger partial charge in [-0.15, -0.1) is 0 Å². The average Bonchev–Trinajstić information content (AvgIpc) is 2.52. The molecule has 1 saturated heterocycles. The SMILES string of the molecule is NCC1CCCC1N1CCCCCC1. The van der Waals surface area contributed by atoms with Crippen LogP contribution in [0, 0.1) is 5.92 Å². The van der Waals surface area contributed by atoms with Crippen molar-refractivity contribution in [3.05, 3.63) is 0 Å². The lowest BCUT2D eigenvalue weighted by atomic mass is 10.0. The van der Waals surface area contributed by atoms with Crippen molar-refractivity contribution in [1.29, 1.82) is 0 Å². The summed E-state index contributed by atoms with van der Waals surface area (Å²) in [5.74, 6) is 0.799. The van der Waals surface area contributed by atoms with E-state index in [2.05, 4.69) is 4.90 Å². The van der Waals surface area contributed by atoms with E-state index in [0.29, 0.717) is 0 Å². The van der Waals surface area contributed by atoms with Crippen LogP contribution in [0.3, 0.4) is 0 Å². The predicted molar refractivity (Wildman–Crippen MR) is 60.2 cm³/mol. The molecule has 2 fully saturated rings. The van der Waals surface area contributed by atoms with Crippen molar-refractivity contribution in [3.63, 3.8) is 0 Å². The molecule has 2 nitrogen and oxygen atoms in total. The number of nitrogens with two attached hydrogens (primary N) is 1. The van der Waals surface area contributed by atoms with Crippen LogP contribution in [0.15, 0.2) is 0 Å². The van der Waals surface area contributed by atoms with E-state index in [0.717, 1.165) is 18.5 Å². The number of hydrogen-bond acceptors (Lipinski definition) is 2. The molecule has 1 saturated carbocycles. The lowest BCUT2D eigenvalue weighted by Gasteiger charge is -2.31. The molecule has 0 spiro atoms. The number of rotatable bonds is 2. The van der Waals surface area contributed by atoms with Gasteiger partial charge >= 0.3 is 0 Å². The average molecular weight is 196 g/mol. The third kappa shape index (κ3) is 2.29. The fourth-order valence-corrected chi connectivity index (χ4v) is 3.20. The second-order valence-corrected chi connectivity index (χ2v) is 4.94. The Morgan fingerprint density at radius 1 is 0.929 bits per heavy atom. The minimum Gasteiger partial charge on any atom is -0.330 e. The largest absolute Gasteiger partial charge is 0.330 e. The summed E-state index contributed by atoms with van der Waals surface area (Å²) in [7, 11) is 0. The zero-order chi connectivity index (χ0) is 9.80. The molecule has 2 N–H and O–H groups in total. The summed E-state index contributed by atoms with van der Waals surface area (Å²) in [5.41, 5.74) is 5.84. The molecule has 2 unspecified atom stereocenters. The fourth-order valence-electron chi connectivity index (χ4n) is 3.20. The van der Waals surface area contributed by atoms with Gasteiger partial charge in [-0.1, -0.05) is 19.3 Å². The van der Waals surface area contributed by atoms with E-state index in [9.17, 15) is 0 Å². The Labute approximate surface area is 87.8 Å². The van der Waals surface area contributed by atoms with Crippen LogP contribution in [0.1, 0.15) is 44.9 Å². The van der Waals surface area contributed by atoms with Crippen LogP contribution < -0.4 is 5.73 Å². The number of nitrogens with zero attached hydrogens (tertiary/aromatic N) is 1. The van der Waals surface area contributed by atoms with Gasteiger partial charge in [0.05, 0.1) is 0 Å². The van der Waals surface area contributed by atoms with E-state index in [4.69, 9.17) is 5.73 Å². The Bertz CT molecular complexity index is 162. The first-order chi connectivity index (χ1) is 6.92. The van der Waals surface area contributed by atoms with Crippen molar-refractivity contribution in [1.82, 2.24) is 4.90 Å². The minimum atomic E-state index is 0.799. The van der Waals surface area contributed by atoms with E-state index in [-0.39, 0.29) is 0 Å². The second kappa shape index (κ2) is 5.13. The van der Waals surface area contributed by atoms with Crippen LogP contribution in [-0.2, 0) is 0 Å². The zero-order valence-corrected chi connectivity index (χ0v) is 9.25. The normalized spacial score (nSPS) is 35.8. The van der Waals surface area contributed by atoms with Gasteiger partial charge in [-0.25, -0.2) is 0 Å². The molecular weight excluding hydrogens is 172 g/mol. The van der Waals surface area contributed by atoms with E-state index in [1.807, 2.05) is 0 Å². The summed E-state index contributed by atoms with van der Waals surface area (Å²) >= 11 is 0. The highest BCUT2D eigenvalue weighted by Crippen LogP contribution is 2.30. The third-order valence-electron chi connectivity index (χ3n) is 4.03. The molecule has 1 aliphatic carbocycles. The van der Waals surface area contributed by atoms with E-state index < -0.39 is 0 Å². The standard InChI is InChI=1S/C12H24N2/c13-10-11-6-5-7-12(11)14-8-3-1-2-4-9-14/h11-12H,1-10,13H2. The van der Waals surface area contributed by atoms with Crippen LogP contribution in [0.2, 0.25) is 0 Å². The first kappa shape index (κ1) is 10.4. The minimum absolute atomic E-state index is 0.799. The van der Waals surface area contributed by atoms with Gasteiger partial charge in [0.25, 0.3) is 0 Å². The Morgan fingerprint density at radius 2 is 1.64 bits per heavy atom. The molecule has 2 rings (SSSR count). The van der Waals surface area contributed by atoms with Crippen molar-refractivity contribution < 1.29 is 0 Å². The smallest absolute Gasteiger partial charge is 0.0135 e. The molecule has 0 radical (unpaired) electrons. The van der Waals surface area contributed by atoms with Crippen molar-refractivity contribution in [2.45, 2.75) is 51.0 Å². The maximum Gasteiger partial charge on any atom is 0.0135 e. The number of hydrogen-bond donors (Lipinski definition) is 1.